The standard InChI is InChI=1S/C20H21N5O2/c1-2-19(26)24(13-18-9-10-22-25(18)12-15-5-3-6-15)17-8-4-7-16(11-17)20-23-21-14-27-20/h2,4,7-11,14-15H,1,3,5-6,12-13H2. The Hall–Kier alpha value is -3.22. The van der Waals surface area contributed by atoms with Crippen molar-refractivity contribution in [1.82, 2.24) is 20.0 Å². The third kappa shape index (κ3) is 3.67. The van der Waals surface area contributed by atoms with Crippen LogP contribution in [0.1, 0.15) is 25.0 Å². The van der Waals surface area contributed by atoms with Crippen LogP contribution in [0, 0.1) is 5.92 Å². The summed E-state index contributed by atoms with van der Waals surface area (Å²) in [6, 6.07) is 9.44. The summed E-state index contributed by atoms with van der Waals surface area (Å²) in [5, 5.41) is 12.1. The maximum atomic E-state index is 12.6. The second-order valence-electron chi connectivity index (χ2n) is 6.72. The Bertz CT molecular complexity index is 928. The van der Waals surface area contributed by atoms with Crippen LogP contribution in [0.4, 0.5) is 5.69 Å². The lowest BCUT2D eigenvalue weighted by atomic mass is 9.85. The molecule has 4 rings (SSSR count). The number of hydrogen-bond donors (Lipinski definition) is 0. The van der Waals surface area contributed by atoms with Gasteiger partial charge in [-0.1, -0.05) is 19.1 Å². The van der Waals surface area contributed by atoms with Crippen LogP contribution >= 0.6 is 0 Å². The third-order valence-corrected chi connectivity index (χ3v) is 4.99. The highest BCUT2D eigenvalue weighted by atomic mass is 16.4. The Balaban J connectivity index is 1.61. The van der Waals surface area contributed by atoms with E-state index in [0.29, 0.717) is 18.4 Å². The van der Waals surface area contributed by atoms with Gasteiger partial charge in [0, 0.05) is 24.0 Å². The molecule has 0 saturated heterocycles. The molecule has 138 valence electrons. The topological polar surface area (TPSA) is 77.1 Å². The average Bonchev–Trinajstić information content (AvgIpc) is 3.34. The van der Waals surface area contributed by atoms with Crippen LogP contribution in [-0.2, 0) is 17.9 Å². The molecule has 0 N–H and O–H groups in total. The quantitative estimate of drug-likeness (QED) is 0.601. The number of carbonyl (C=O) groups is 1. The number of benzene rings is 1. The first-order valence-electron chi connectivity index (χ1n) is 9.06. The molecule has 1 saturated carbocycles. The summed E-state index contributed by atoms with van der Waals surface area (Å²) >= 11 is 0. The van der Waals surface area contributed by atoms with Crippen LogP contribution in [0.5, 0.6) is 0 Å². The zero-order valence-electron chi connectivity index (χ0n) is 15.0. The van der Waals surface area contributed by atoms with Gasteiger partial charge in [0.2, 0.25) is 12.3 Å². The fourth-order valence-corrected chi connectivity index (χ4v) is 3.25. The Kier molecular flexibility index (Phi) is 4.82. The first kappa shape index (κ1) is 17.2. The number of aromatic nitrogens is 4. The first-order chi connectivity index (χ1) is 13.2. The number of rotatable bonds is 7. The molecule has 0 aliphatic heterocycles. The fourth-order valence-electron chi connectivity index (χ4n) is 3.25. The predicted octanol–water partition coefficient (Wildman–Crippen LogP) is 3.45. The highest BCUT2D eigenvalue weighted by molar-refractivity contribution is 6.01. The number of nitrogens with zero attached hydrogens (tertiary/aromatic N) is 5. The van der Waals surface area contributed by atoms with E-state index in [-0.39, 0.29) is 5.91 Å². The Morgan fingerprint density at radius 1 is 1.37 bits per heavy atom. The number of hydrogen-bond acceptors (Lipinski definition) is 5. The van der Waals surface area contributed by atoms with Gasteiger partial charge in [-0.2, -0.15) is 5.10 Å². The van der Waals surface area contributed by atoms with Crippen LogP contribution in [0.2, 0.25) is 0 Å². The smallest absolute Gasteiger partial charge is 0.250 e. The van der Waals surface area contributed by atoms with Gasteiger partial charge in [-0.15, -0.1) is 10.2 Å². The largest absolute Gasteiger partial charge is 0.423 e. The molecule has 1 amide bonds. The maximum Gasteiger partial charge on any atom is 0.250 e. The van der Waals surface area contributed by atoms with Crippen molar-refractivity contribution in [3.63, 3.8) is 0 Å². The second-order valence-corrected chi connectivity index (χ2v) is 6.72. The van der Waals surface area contributed by atoms with Crippen LogP contribution in [0.25, 0.3) is 11.5 Å². The molecule has 7 nitrogen and oxygen atoms in total. The first-order valence-corrected chi connectivity index (χ1v) is 9.06. The Morgan fingerprint density at radius 3 is 2.96 bits per heavy atom. The van der Waals surface area contributed by atoms with Crippen molar-refractivity contribution >= 4 is 11.6 Å². The average molecular weight is 363 g/mol. The van der Waals surface area contributed by atoms with E-state index in [1.165, 1.54) is 31.7 Å². The number of amides is 1. The molecule has 1 aliphatic carbocycles. The summed E-state index contributed by atoms with van der Waals surface area (Å²) < 4.78 is 7.28. The molecular formula is C20H21N5O2. The summed E-state index contributed by atoms with van der Waals surface area (Å²) in [7, 11) is 0. The van der Waals surface area contributed by atoms with E-state index in [4.69, 9.17) is 4.42 Å². The van der Waals surface area contributed by atoms with Crippen LogP contribution in [-0.4, -0.2) is 25.9 Å². The van der Waals surface area contributed by atoms with Gasteiger partial charge in [0.15, 0.2) is 0 Å². The molecule has 0 unspecified atom stereocenters. The van der Waals surface area contributed by atoms with Gasteiger partial charge in [-0.25, -0.2) is 0 Å². The number of anilines is 1. The normalized spacial score (nSPS) is 13.9. The highest BCUT2D eigenvalue weighted by Gasteiger charge is 2.21. The minimum Gasteiger partial charge on any atom is -0.423 e. The van der Waals surface area contributed by atoms with Crippen LogP contribution < -0.4 is 4.90 Å². The molecule has 0 atom stereocenters. The molecule has 7 heteroatoms. The van der Waals surface area contributed by atoms with Crippen LogP contribution in [0.15, 0.2) is 60.0 Å². The van der Waals surface area contributed by atoms with Crippen molar-refractivity contribution < 1.29 is 9.21 Å². The Morgan fingerprint density at radius 2 is 2.26 bits per heavy atom. The monoisotopic (exact) mass is 363 g/mol. The minimum absolute atomic E-state index is 0.172. The third-order valence-electron chi connectivity index (χ3n) is 4.99. The summed E-state index contributed by atoms with van der Waals surface area (Å²) in [6.07, 6.45) is 8.20. The van der Waals surface area contributed by atoms with E-state index in [1.807, 2.05) is 35.0 Å². The van der Waals surface area contributed by atoms with Crippen molar-refractivity contribution in [2.24, 2.45) is 5.92 Å². The molecule has 1 aliphatic rings. The lowest BCUT2D eigenvalue weighted by molar-refractivity contribution is -0.114. The fraction of sp³-hybridized carbons (Fsp3) is 0.300. The predicted molar refractivity (Wildman–Crippen MR) is 101 cm³/mol. The van der Waals surface area contributed by atoms with Crippen molar-refractivity contribution in [3.05, 3.63) is 61.3 Å². The van der Waals surface area contributed by atoms with Crippen molar-refractivity contribution in [2.75, 3.05) is 4.90 Å². The van der Waals surface area contributed by atoms with Crippen molar-refractivity contribution in [3.8, 4) is 11.5 Å². The molecule has 1 aromatic carbocycles. The van der Waals surface area contributed by atoms with E-state index in [0.717, 1.165) is 23.5 Å². The molecule has 0 radical (unpaired) electrons. The van der Waals surface area contributed by atoms with Crippen LogP contribution in [0.3, 0.4) is 0 Å². The highest BCUT2D eigenvalue weighted by Crippen LogP contribution is 2.29. The lowest BCUT2D eigenvalue weighted by Gasteiger charge is -2.27. The molecule has 3 aromatic rings. The van der Waals surface area contributed by atoms with E-state index in [9.17, 15) is 4.79 Å². The van der Waals surface area contributed by atoms with E-state index < -0.39 is 0 Å². The van der Waals surface area contributed by atoms with Gasteiger partial charge in [-0.3, -0.25) is 9.48 Å². The van der Waals surface area contributed by atoms with Crippen molar-refractivity contribution in [1.29, 1.82) is 0 Å². The zero-order valence-corrected chi connectivity index (χ0v) is 15.0. The molecular weight excluding hydrogens is 342 g/mol. The minimum atomic E-state index is -0.172. The molecule has 27 heavy (non-hydrogen) atoms. The SMILES string of the molecule is C=CC(=O)N(Cc1ccnn1CC1CCC1)c1cccc(-c2nnco2)c1. The number of carbonyl (C=O) groups excluding carboxylic acids is 1. The van der Waals surface area contributed by atoms with Crippen molar-refractivity contribution in [2.45, 2.75) is 32.4 Å². The maximum absolute atomic E-state index is 12.6. The molecule has 1 fully saturated rings. The van der Waals surface area contributed by atoms with Gasteiger partial charge in [0.05, 0.1) is 12.2 Å². The van der Waals surface area contributed by atoms with Gasteiger partial charge in [0.1, 0.15) is 0 Å². The van der Waals surface area contributed by atoms with E-state index in [2.05, 4.69) is 21.9 Å². The van der Waals surface area contributed by atoms with E-state index >= 15 is 0 Å². The molecule has 2 aromatic heterocycles. The summed E-state index contributed by atoms with van der Waals surface area (Å²) in [4.78, 5) is 14.2. The van der Waals surface area contributed by atoms with Gasteiger partial charge < -0.3 is 9.32 Å². The zero-order chi connectivity index (χ0) is 18.6. The summed E-state index contributed by atoms with van der Waals surface area (Å²) in [5.74, 6) is 0.931. The van der Waals surface area contributed by atoms with E-state index in [1.54, 1.807) is 11.1 Å². The summed E-state index contributed by atoms with van der Waals surface area (Å²) in [6.45, 7) is 4.97. The van der Waals surface area contributed by atoms with Gasteiger partial charge in [0.25, 0.3) is 5.91 Å². The molecule has 2 heterocycles. The summed E-state index contributed by atoms with van der Waals surface area (Å²) in [5.41, 5.74) is 2.50. The Labute approximate surface area is 157 Å². The second kappa shape index (κ2) is 7.57. The lowest BCUT2D eigenvalue weighted by Crippen LogP contribution is -2.30. The molecule has 0 bridgehead atoms. The van der Waals surface area contributed by atoms with Gasteiger partial charge >= 0.3 is 0 Å². The van der Waals surface area contributed by atoms with Gasteiger partial charge in [-0.05, 0) is 49.1 Å². The molecule has 0 spiro atoms.